The van der Waals surface area contributed by atoms with Crippen LogP contribution in [-0.2, 0) is 17.0 Å². The number of hydrogen-bond acceptors (Lipinski definition) is 4. The van der Waals surface area contributed by atoms with Crippen LogP contribution in [0.15, 0.2) is 11.4 Å². The third kappa shape index (κ3) is 2.80. The van der Waals surface area contributed by atoms with Crippen molar-refractivity contribution in [2.45, 2.75) is 36.7 Å². The van der Waals surface area contributed by atoms with Crippen molar-refractivity contribution in [3.05, 3.63) is 11.8 Å². The highest BCUT2D eigenvalue weighted by atomic mass is 32.2. The summed E-state index contributed by atoms with van der Waals surface area (Å²) in [4.78, 5) is 7.05. The maximum absolute atomic E-state index is 12.7. The highest BCUT2D eigenvalue weighted by Crippen LogP contribution is 2.36. The number of nitrogens with zero attached hydrogens (tertiary/aromatic N) is 2. The minimum atomic E-state index is -4.58. The summed E-state index contributed by atoms with van der Waals surface area (Å²) in [7, 11) is -1.54. The van der Waals surface area contributed by atoms with Crippen LogP contribution in [0.4, 0.5) is 13.2 Å². The van der Waals surface area contributed by atoms with E-state index < -0.39 is 28.4 Å². The van der Waals surface area contributed by atoms with Gasteiger partial charge in [-0.15, -0.1) is 0 Å². The molecule has 0 aromatic carbocycles. The van der Waals surface area contributed by atoms with Crippen LogP contribution in [0, 0.1) is 0 Å². The van der Waals surface area contributed by atoms with Crippen molar-refractivity contribution in [1.82, 2.24) is 9.97 Å². The van der Waals surface area contributed by atoms with E-state index in [1.165, 1.54) is 6.26 Å². The molecule has 1 aromatic heterocycles. The molecule has 0 bridgehead atoms. The number of alkyl halides is 3. The number of aromatic nitrogens is 2. The first-order chi connectivity index (χ1) is 8.38. The van der Waals surface area contributed by atoms with Gasteiger partial charge in [0.2, 0.25) is 11.0 Å². The second-order valence-electron chi connectivity index (χ2n) is 3.99. The summed E-state index contributed by atoms with van der Waals surface area (Å²) in [6.07, 6.45) is -0.527. The van der Waals surface area contributed by atoms with Crippen molar-refractivity contribution in [1.29, 1.82) is 0 Å². The topological polar surface area (TPSA) is 52.1 Å². The monoisotopic (exact) mass is 280 g/mol. The molecule has 0 amide bonds. The fourth-order valence-electron chi connectivity index (χ4n) is 1.42. The second-order valence-corrected chi connectivity index (χ2v) is 5.27. The molecule has 1 aromatic rings. The van der Waals surface area contributed by atoms with Gasteiger partial charge < -0.3 is 4.74 Å². The van der Waals surface area contributed by atoms with E-state index in [0.717, 1.165) is 6.42 Å². The molecule has 8 heteroatoms. The fourth-order valence-corrected chi connectivity index (χ4v) is 1.83. The Morgan fingerprint density at radius 3 is 2.56 bits per heavy atom. The van der Waals surface area contributed by atoms with Crippen LogP contribution in [0.5, 0.6) is 5.88 Å². The molecule has 4 nitrogen and oxygen atoms in total. The van der Waals surface area contributed by atoms with E-state index >= 15 is 0 Å². The predicted octanol–water partition coefficient (Wildman–Crippen LogP) is 2.16. The summed E-state index contributed by atoms with van der Waals surface area (Å²) in [5.41, 5.74) is -1.02. The average molecular weight is 280 g/mol. The number of ether oxygens (including phenoxy) is 1. The molecular weight excluding hydrogens is 269 g/mol. The molecule has 0 N–H and O–H groups in total. The van der Waals surface area contributed by atoms with Crippen LogP contribution in [-0.4, -0.2) is 26.5 Å². The quantitative estimate of drug-likeness (QED) is 0.796. The Kier molecular flexibility index (Phi) is 3.56. The summed E-state index contributed by atoms with van der Waals surface area (Å²) in [6, 6.07) is 0. The molecule has 1 aliphatic carbocycles. The molecule has 1 unspecified atom stereocenters. The summed E-state index contributed by atoms with van der Waals surface area (Å²) >= 11 is 0. The molecular formula is C10H11F3N2O2S. The minimum Gasteiger partial charge on any atom is -0.474 e. The Morgan fingerprint density at radius 2 is 2.11 bits per heavy atom. The SMILES string of the molecule is CS(=O)c1ncc(C(F)(F)F)c(OC2CCC2)n1. The van der Waals surface area contributed by atoms with Crippen LogP contribution >= 0.6 is 0 Å². The molecule has 0 aliphatic heterocycles. The van der Waals surface area contributed by atoms with Gasteiger partial charge in [-0.2, -0.15) is 18.2 Å². The zero-order chi connectivity index (χ0) is 13.3. The van der Waals surface area contributed by atoms with Gasteiger partial charge in [-0.1, -0.05) is 0 Å². The van der Waals surface area contributed by atoms with Crippen molar-refractivity contribution in [2.75, 3.05) is 6.26 Å². The normalized spacial score (nSPS) is 18.2. The van der Waals surface area contributed by atoms with E-state index in [0.29, 0.717) is 19.0 Å². The first-order valence-electron chi connectivity index (χ1n) is 5.32. The van der Waals surface area contributed by atoms with E-state index in [4.69, 9.17) is 4.74 Å². The lowest BCUT2D eigenvalue weighted by atomic mass is 9.96. The van der Waals surface area contributed by atoms with Crippen molar-refractivity contribution in [2.24, 2.45) is 0 Å². The lowest BCUT2D eigenvalue weighted by Gasteiger charge is -2.26. The maximum atomic E-state index is 12.7. The standard InChI is InChI=1S/C10H11F3N2O2S/c1-18(16)9-14-5-7(10(11,12)13)8(15-9)17-6-3-2-4-6/h5-6H,2-4H2,1H3. The summed E-state index contributed by atoms with van der Waals surface area (Å²) in [5.74, 6) is -0.521. The van der Waals surface area contributed by atoms with Gasteiger partial charge in [-0.25, -0.2) is 4.98 Å². The molecule has 1 fully saturated rings. The highest BCUT2D eigenvalue weighted by molar-refractivity contribution is 7.84. The van der Waals surface area contributed by atoms with Crippen molar-refractivity contribution < 1.29 is 22.1 Å². The summed E-state index contributed by atoms with van der Waals surface area (Å²) < 4.78 is 54.5. The van der Waals surface area contributed by atoms with Gasteiger partial charge in [0.15, 0.2) is 0 Å². The van der Waals surface area contributed by atoms with E-state index in [1.54, 1.807) is 0 Å². The Bertz CT molecular complexity index is 475. The molecule has 2 rings (SSSR count). The second kappa shape index (κ2) is 4.83. The Hall–Kier alpha value is -1.18. The molecule has 0 saturated heterocycles. The predicted molar refractivity (Wildman–Crippen MR) is 57.6 cm³/mol. The minimum absolute atomic E-state index is 0.155. The maximum Gasteiger partial charge on any atom is 0.423 e. The Labute approximate surface area is 104 Å². The van der Waals surface area contributed by atoms with Gasteiger partial charge in [0, 0.05) is 12.5 Å². The van der Waals surface area contributed by atoms with Crippen molar-refractivity contribution >= 4 is 10.8 Å². The van der Waals surface area contributed by atoms with E-state index in [2.05, 4.69) is 9.97 Å². The van der Waals surface area contributed by atoms with Gasteiger partial charge in [-0.05, 0) is 19.3 Å². The highest BCUT2D eigenvalue weighted by Gasteiger charge is 2.37. The van der Waals surface area contributed by atoms with Crippen molar-refractivity contribution in [3.63, 3.8) is 0 Å². The average Bonchev–Trinajstić information content (AvgIpc) is 2.21. The van der Waals surface area contributed by atoms with Crippen LogP contribution < -0.4 is 4.74 Å². The van der Waals surface area contributed by atoms with Crippen molar-refractivity contribution in [3.8, 4) is 5.88 Å². The number of halogens is 3. The van der Waals surface area contributed by atoms with Gasteiger partial charge in [0.25, 0.3) is 0 Å². The van der Waals surface area contributed by atoms with Crippen LogP contribution in [0.25, 0.3) is 0 Å². The zero-order valence-corrected chi connectivity index (χ0v) is 10.3. The molecule has 100 valence electrons. The molecule has 1 saturated carbocycles. The third-order valence-electron chi connectivity index (χ3n) is 2.62. The Balaban J connectivity index is 2.35. The van der Waals surface area contributed by atoms with Crippen LogP contribution in [0.2, 0.25) is 0 Å². The molecule has 18 heavy (non-hydrogen) atoms. The fraction of sp³-hybridized carbons (Fsp3) is 0.600. The van der Waals surface area contributed by atoms with Crippen LogP contribution in [0.3, 0.4) is 0 Å². The zero-order valence-electron chi connectivity index (χ0n) is 9.53. The first-order valence-corrected chi connectivity index (χ1v) is 6.88. The molecule has 1 aliphatic rings. The third-order valence-corrected chi connectivity index (χ3v) is 3.34. The van der Waals surface area contributed by atoms with Gasteiger partial charge in [-0.3, -0.25) is 4.21 Å². The summed E-state index contributed by atoms with van der Waals surface area (Å²) in [5, 5.41) is -0.155. The molecule has 0 spiro atoms. The summed E-state index contributed by atoms with van der Waals surface area (Å²) in [6.45, 7) is 0. The van der Waals surface area contributed by atoms with E-state index in [1.807, 2.05) is 0 Å². The molecule has 0 radical (unpaired) electrons. The van der Waals surface area contributed by atoms with Gasteiger partial charge >= 0.3 is 6.18 Å². The Morgan fingerprint density at radius 1 is 1.44 bits per heavy atom. The van der Waals surface area contributed by atoms with E-state index in [-0.39, 0.29) is 11.3 Å². The first kappa shape index (κ1) is 13.3. The largest absolute Gasteiger partial charge is 0.474 e. The number of hydrogen-bond donors (Lipinski definition) is 0. The van der Waals surface area contributed by atoms with Gasteiger partial charge in [0.05, 0.1) is 10.8 Å². The molecule has 1 heterocycles. The number of rotatable bonds is 3. The molecule has 1 atom stereocenters. The smallest absolute Gasteiger partial charge is 0.423 e. The lowest BCUT2D eigenvalue weighted by Crippen LogP contribution is -2.27. The lowest BCUT2D eigenvalue weighted by molar-refractivity contribution is -0.140. The van der Waals surface area contributed by atoms with E-state index in [9.17, 15) is 17.4 Å². The van der Waals surface area contributed by atoms with Crippen LogP contribution in [0.1, 0.15) is 24.8 Å². The van der Waals surface area contributed by atoms with Gasteiger partial charge in [0.1, 0.15) is 11.7 Å².